The van der Waals surface area contributed by atoms with E-state index < -0.39 is 0 Å². The minimum Gasteiger partial charge on any atom is -0.159 e. The van der Waals surface area contributed by atoms with Crippen LogP contribution in [0.1, 0.15) is 0 Å². The van der Waals surface area contributed by atoms with Gasteiger partial charge in [0.15, 0.2) is 4.87 Å². The molecule has 10 heavy (non-hydrogen) atoms. The Bertz CT molecular complexity index is 262. The van der Waals surface area contributed by atoms with E-state index >= 15 is 0 Å². The topological polar surface area (TPSA) is 46.1 Å². The average Bonchev–Trinajstić information content (AvgIpc) is 1.88. The summed E-state index contributed by atoms with van der Waals surface area (Å²) in [6.07, 6.45) is 0. The van der Waals surface area contributed by atoms with Crippen molar-refractivity contribution in [2.45, 2.75) is 0 Å². The molecule has 1 rings (SSSR count). The highest BCUT2D eigenvalue weighted by atomic mass is 35.5. The maximum atomic E-state index is 10.5. The SMILES string of the molecule is N[N+](=O)c1cc[c]cc1Cl. The van der Waals surface area contributed by atoms with Gasteiger partial charge in [-0.05, 0) is 18.2 Å². The number of benzene rings is 1. The van der Waals surface area contributed by atoms with Crippen molar-refractivity contribution in [2.24, 2.45) is 5.84 Å². The Labute approximate surface area is 62.9 Å². The van der Waals surface area contributed by atoms with Crippen molar-refractivity contribution in [3.63, 3.8) is 0 Å². The van der Waals surface area contributed by atoms with Crippen LogP contribution < -0.4 is 5.84 Å². The van der Waals surface area contributed by atoms with Crippen LogP contribution in [0.3, 0.4) is 0 Å². The van der Waals surface area contributed by atoms with Gasteiger partial charge in [0.1, 0.15) is 5.02 Å². The largest absolute Gasteiger partial charge is 0.310 e. The van der Waals surface area contributed by atoms with E-state index in [1.54, 1.807) is 6.07 Å². The highest BCUT2D eigenvalue weighted by Gasteiger charge is 2.11. The molecular formula is C6H5ClN2O+. The van der Waals surface area contributed by atoms with Gasteiger partial charge in [0.25, 0.3) is 0 Å². The Balaban J connectivity index is 3.15. The molecule has 1 radical (unpaired) electrons. The number of nitrogens with zero attached hydrogens (tertiary/aromatic N) is 1. The van der Waals surface area contributed by atoms with Gasteiger partial charge in [-0.3, -0.25) is 0 Å². The predicted molar refractivity (Wildman–Crippen MR) is 37.8 cm³/mol. The number of nitrogens with two attached hydrogens (primary N) is 1. The van der Waals surface area contributed by atoms with Gasteiger partial charge in [-0.25, -0.2) is 0 Å². The van der Waals surface area contributed by atoms with E-state index in [1.807, 2.05) is 0 Å². The Morgan fingerprint density at radius 1 is 1.70 bits per heavy atom. The van der Waals surface area contributed by atoms with Gasteiger partial charge < -0.3 is 0 Å². The number of nitroso groups, excluding NO2 is 1. The molecule has 4 heteroatoms. The third-order valence-electron chi connectivity index (χ3n) is 1.03. The van der Waals surface area contributed by atoms with Gasteiger partial charge in [-0.15, -0.1) is 0 Å². The van der Waals surface area contributed by atoms with E-state index in [9.17, 15) is 4.91 Å². The first kappa shape index (κ1) is 7.02. The van der Waals surface area contributed by atoms with Crippen molar-refractivity contribution in [3.8, 4) is 0 Å². The zero-order chi connectivity index (χ0) is 7.56. The van der Waals surface area contributed by atoms with Crippen molar-refractivity contribution in [3.05, 3.63) is 34.2 Å². The zero-order valence-corrected chi connectivity index (χ0v) is 5.80. The van der Waals surface area contributed by atoms with Crippen molar-refractivity contribution in [2.75, 3.05) is 0 Å². The summed E-state index contributed by atoms with van der Waals surface area (Å²) in [6, 6.07) is 7.25. The first-order valence-electron chi connectivity index (χ1n) is 2.59. The third-order valence-corrected chi connectivity index (χ3v) is 1.33. The van der Waals surface area contributed by atoms with Crippen LogP contribution in [0.5, 0.6) is 0 Å². The van der Waals surface area contributed by atoms with Gasteiger partial charge in [0, 0.05) is 6.07 Å². The van der Waals surface area contributed by atoms with Gasteiger partial charge in [0.05, 0.1) is 4.91 Å². The maximum Gasteiger partial charge on any atom is 0.310 e. The normalized spacial score (nSPS) is 9.30. The lowest BCUT2D eigenvalue weighted by Gasteiger charge is -1.86. The van der Waals surface area contributed by atoms with E-state index in [0.29, 0.717) is 5.02 Å². The molecule has 1 aromatic carbocycles. The maximum absolute atomic E-state index is 10.5. The van der Waals surface area contributed by atoms with Crippen LogP contribution in [-0.2, 0) is 0 Å². The van der Waals surface area contributed by atoms with Crippen molar-refractivity contribution >= 4 is 17.3 Å². The highest BCUT2D eigenvalue weighted by Crippen LogP contribution is 2.20. The Morgan fingerprint density at radius 2 is 2.40 bits per heavy atom. The number of hydrazine groups is 1. The van der Waals surface area contributed by atoms with Crippen LogP contribution in [0.2, 0.25) is 5.02 Å². The van der Waals surface area contributed by atoms with Gasteiger partial charge in [-0.2, -0.15) is 5.84 Å². The molecule has 0 aliphatic carbocycles. The summed E-state index contributed by atoms with van der Waals surface area (Å²) in [5.41, 5.74) is 0.250. The first-order valence-corrected chi connectivity index (χ1v) is 2.97. The quantitative estimate of drug-likeness (QED) is 0.380. The predicted octanol–water partition coefficient (Wildman–Crippen LogP) is 1.42. The summed E-state index contributed by atoms with van der Waals surface area (Å²) in [4.78, 5) is 10.7. The van der Waals surface area contributed by atoms with Gasteiger partial charge in [0.2, 0.25) is 0 Å². The summed E-state index contributed by atoms with van der Waals surface area (Å²) >= 11 is 5.57. The fourth-order valence-electron chi connectivity index (χ4n) is 0.581. The minimum atomic E-state index is 0.218. The molecule has 1 aromatic rings. The van der Waals surface area contributed by atoms with Crippen molar-refractivity contribution < 1.29 is 4.87 Å². The summed E-state index contributed by atoms with van der Waals surface area (Å²) < 4.78 is 0. The fourth-order valence-corrected chi connectivity index (χ4v) is 0.790. The first-order chi connectivity index (χ1) is 4.72. The summed E-state index contributed by atoms with van der Waals surface area (Å²) in [5.74, 6) is 4.89. The molecule has 51 valence electrons. The second-order valence-electron chi connectivity index (χ2n) is 1.70. The van der Waals surface area contributed by atoms with Crippen LogP contribution in [0, 0.1) is 11.0 Å². The van der Waals surface area contributed by atoms with E-state index in [1.165, 1.54) is 12.1 Å². The summed E-state index contributed by atoms with van der Waals surface area (Å²) in [6.45, 7) is 0. The van der Waals surface area contributed by atoms with Crippen LogP contribution >= 0.6 is 11.6 Å². The van der Waals surface area contributed by atoms with E-state index in [4.69, 9.17) is 17.4 Å². The summed E-state index contributed by atoms with van der Waals surface area (Å²) in [7, 11) is 0. The highest BCUT2D eigenvalue weighted by molar-refractivity contribution is 6.32. The van der Waals surface area contributed by atoms with Crippen LogP contribution in [0.4, 0.5) is 5.69 Å². The Morgan fingerprint density at radius 3 is 2.80 bits per heavy atom. The smallest absolute Gasteiger partial charge is 0.159 e. The molecule has 0 aliphatic rings. The molecule has 0 bridgehead atoms. The number of rotatable bonds is 1. The molecular weight excluding hydrogens is 152 g/mol. The van der Waals surface area contributed by atoms with Crippen LogP contribution in [-0.4, -0.2) is 4.87 Å². The molecule has 0 aromatic heterocycles. The standard InChI is InChI=1S/C6H5ClN2O/c7-5-3-1-2-4-6(5)9(8)10/h2-4H,(H2,8,10)/q+1. The van der Waals surface area contributed by atoms with E-state index in [-0.39, 0.29) is 10.6 Å². The van der Waals surface area contributed by atoms with E-state index in [0.717, 1.165) is 0 Å². The Kier molecular flexibility index (Phi) is 1.87. The van der Waals surface area contributed by atoms with Crippen molar-refractivity contribution in [1.29, 1.82) is 0 Å². The molecule has 0 saturated carbocycles. The number of hydrogen-bond donors (Lipinski definition) is 1. The lowest BCUT2D eigenvalue weighted by Crippen LogP contribution is -2.08. The van der Waals surface area contributed by atoms with Gasteiger partial charge in [-0.1, -0.05) is 11.6 Å². The molecule has 0 amide bonds. The molecule has 0 saturated heterocycles. The minimum absolute atomic E-state index is 0.218. The number of halogens is 1. The molecule has 3 nitrogen and oxygen atoms in total. The fraction of sp³-hybridized carbons (Fsp3) is 0. The molecule has 0 fully saturated rings. The van der Waals surface area contributed by atoms with Gasteiger partial charge >= 0.3 is 5.69 Å². The second-order valence-corrected chi connectivity index (χ2v) is 2.11. The monoisotopic (exact) mass is 156 g/mol. The molecule has 0 heterocycles. The van der Waals surface area contributed by atoms with Crippen LogP contribution in [0.15, 0.2) is 18.2 Å². The lowest BCUT2D eigenvalue weighted by atomic mass is 10.3. The van der Waals surface area contributed by atoms with Crippen molar-refractivity contribution in [1.82, 2.24) is 0 Å². The molecule has 2 N–H and O–H groups in total. The van der Waals surface area contributed by atoms with E-state index in [2.05, 4.69) is 6.07 Å². The number of hydrogen-bond acceptors (Lipinski definition) is 1. The second kappa shape index (κ2) is 2.66. The molecule has 0 atom stereocenters. The molecule has 0 aliphatic heterocycles. The average molecular weight is 157 g/mol. The summed E-state index contributed by atoms with van der Waals surface area (Å²) in [5, 5.41) is 0.306. The van der Waals surface area contributed by atoms with Crippen LogP contribution in [0.25, 0.3) is 0 Å². The zero-order valence-electron chi connectivity index (χ0n) is 5.04. The molecule has 0 unspecified atom stereocenters. The third kappa shape index (κ3) is 1.25. The lowest BCUT2D eigenvalue weighted by molar-refractivity contribution is -0.474. The molecule has 0 spiro atoms. The Hall–Kier alpha value is -1.09.